The highest BCUT2D eigenvalue weighted by Crippen LogP contribution is 2.38. The van der Waals surface area contributed by atoms with E-state index < -0.39 is 0 Å². The number of nitrogens with one attached hydrogen (secondary N) is 3. The van der Waals surface area contributed by atoms with Crippen LogP contribution in [0.4, 0.5) is 5.69 Å². The van der Waals surface area contributed by atoms with E-state index in [1.807, 2.05) is 26.0 Å². The van der Waals surface area contributed by atoms with Crippen molar-refractivity contribution in [2.45, 2.75) is 84.3 Å². The van der Waals surface area contributed by atoms with E-state index in [0.717, 1.165) is 54.6 Å². The van der Waals surface area contributed by atoms with Crippen LogP contribution >= 0.6 is 11.6 Å². The normalized spacial score (nSPS) is 20.4. The Labute approximate surface area is 208 Å². The third-order valence-corrected chi connectivity index (χ3v) is 7.67. The van der Waals surface area contributed by atoms with Crippen molar-refractivity contribution in [1.29, 1.82) is 0 Å². The van der Waals surface area contributed by atoms with Gasteiger partial charge in [0.2, 0.25) is 0 Å². The van der Waals surface area contributed by atoms with Gasteiger partial charge >= 0.3 is 0 Å². The number of amides is 1. The predicted molar refractivity (Wildman–Crippen MR) is 141 cm³/mol. The number of aromatic amines is 1. The van der Waals surface area contributed by atoms with Gasteiger partial charge in [0.25, 0.3) is 11.5 Å². The molecular weight excluding hydrogens is 448 g/mol. The molecule has 1 fully saturated rings. The minimum Gasteiger partial charge on any atom is -0.379 e. The summed E-state index contributed by atoms with van der Waals surface area (Å²) in [7, 11) is 4.31. The molecule has 186 valence electrons. The van der Waals surface area contributed by atoms with E-state index in [0.29, 0.717) is 28.6 Å². The molecule has 1 aliphatic carbocycles. The average Bonchev–Trinajstić information content (AvgIpc) is 2.78. The summed E-state index contributed by atoms with van der Waals surface area (Å²) >= 11 is 6.50. The lowest BCUT2D eigenvalue weighted by Crippen LogP contribution is -2.45. The summed E-state index contributed by atoms with van der Waals surface area (Å²) < 4.78 is 0. The number of aromatic nitrogens is 1. The molecule has 2 aromatic rings. The van der Waals surface area contributed by atoms with Crippen molar-refractivity contribution in [3.63, 3.8) is 0 Å². The fourth-order valence-corrected chi connectivity index (χ4v) is 5.44. The summed E-state index contributed by atoms with van der Waals surface area (Å²) in [6, 6.07) is 6.20. The second-order valence-corrected chi connectivity index (χ2v) is 10.3. The van der Waals surface area contributed by atoms with Crippen LogP contribution in [0, 0.1) is 13.8 Å². The first kappa shape index (κ1) is 26.3. The minimum atomic E-state index is -0.219. The third kappa shape index (κ3) is 5.84. The first-order valence-corrected chi connectivity index (χ1v) is 12.7. The molecule has 0 spiro atoms. The molecule has 3 rings (SSSR count). The molecule has 34 heavy (non-hydrogen) atoms. The Morgan fingerprint density at radius 1 is 1.15 bits per heavy atom. The molecule has 1 saturated carbocycles. The van der Waals surface area contributed by atoms with Crippen LogP contribution in [0.3, 0.4) is 0 Å². The van der Waals surface area contributed by atoms with E-state index in [1.165, 1.54) is 0 Å². The van der Waals surface area contributed by atoms with Crippen LogP contribution in [0.5, 0.6) is 0 Å². The van der Waals surface area contributed by atoms with Gasteiger partial charge in [-0.2, -0.15) is 0 Å². The molecule has 0 saturated heterocycles. The minimum absolute atomic E-state index is 0.00115. The van der Waals surface area contributed by atoms with Gasteiger partial charge in [-0.05, 0) is 95.8 Å². The highest BCUT2D eigenvalue weighted by atomic mass is 35.5. The fraction of sp³-hybridized carbons (Fsp3) is 0.556. The lowest BCUT2D eigenvalue weighted by atomic mass is 9.77. The Morgan fingerprint density at radius 3 is 2.38 bits per heavy atom. The summed E-state index contributed by atoms with van der Waals surface area (Å²) in [6.07, 6.45) is 6.17. The Morgan fingerprint density at radius 2 is 1.82 bits per heavy atom. The molecule has 0 bridgehead atoms. The predicted octanol–water partition coefficient (Wildman–Crippen LogP) is 5.20. The Hall–Kier alpha value is -2.31. The van der Waals surface area contributed by atoms with Crippen LogP contribution in [0.25, 0.3) is 0 Å². The van der Waals surface area contributed by atoms with E-state index in [1.54, 1.807) is 6.07 Å². The summed E-state index contributed by atoms with van der Waals surface area (Å²) in [6.45, 7) is 8.19. The molecule has 1 aliphatic rings. The summed E-state index contributed by atoms with van der Waals surface area (Å²) in [5.74, 6) is -0.219. The zero-order chi connectivity index (χ0) is 25.0. The van der Waals surface area contributed by atoms with Gasteiger partial charge in [0, 0.05) is 45.7 Å². The number of hydrogen-bond acceptors (Lipinski definition) is 4. The number of rotatable bonds is 8. The highest BCUT2D eigenvalue weighted by molar-refractivity contribution is 6.31. The number of carbonyl (C=O) groups excluding carboxylic acids is 1. The lowest BCUT2D eigenvalue weighted by molar-refractivity contribution is 0.0950. The molecule has 1 aromatic heterocycles. The van der Waals surface area contributed by atoms with Gasteiger partial charge in [0.05, 0.1) is 0 Å². The maximum absolute atomic E-state index is 13.2. The Bertz CT molecular complexity index is 1080. The molecule has 3 N–H and O–H groups in total. The smallest absolute Gasteiger partial charge is 0.253 e. The van der Waals surface area contributed by atoms with Crippen molar-refractivity contribution in [2.24, 2.45) is 0 Å². The topological polar surface area (TPSA) is 77.2 Å². The van der Waals surface area contributed by atoms with E-state index in [2.05, 4.69) is 48.5 Å². The standard InChI is InChI=1S/C27H39ClN4O2/c1-7-21-22(25(33)29-16-23-17(3)13-18(4)30-26(23)34)14-19(28)15-24(21)31-27(8-2)11-9-20(10-12-27)32(5)6/h13-15,20,31H,7-12,16H2,1-6H3,(H,29,33)(H,30,34). The zero-order valence-electron chi connectivity index (χ0n) is 21.4. The number of nitrogens with zero attached hydrogens (tertiary/aromatic N) is 1. The second kappa shape index (κ2) is 11.0. The largest absolute Gasteiger partial charge is 0.379 e. The van der Waals surface area contributed by atoms with E-state index >= 15 is 0 Å². The lowest BCUT2D eigenvalue weighted by Gasteiger charge is -2.43. The Balaban J connectivity index is 1.84. The number of pyridine rings is 1. The van der Waals surface area contributed by atoms with E-state index in [9.17, 15) is 9.59 Å². The van der Waals surface area contributed by atoms with Gasteiger partial charge in [-0.25, -0.2) is 0 Å². The van der Waals surface area contributed by atoms with Gasteiger partial charge in [-0.1, -0.05) is 25.4 Å². The molecule has 1 aromatic carbocycles. The first-order valence-electron chi connectivity index (χ1n) is 12.3. The highest BCUT2D eigenvalue weighted by Gasteiger charge is 2.35. The molecule has 7 heteroatoms. The molecule has 0 atom stereocenters. The van der Waals surface area contributed by atoms with Gasteiger partial charge in [0.1, 0.15) is 0 Å². The van der Waals surface area contributed by atoms with Crippen LogP contribution in [0.15, 0.2) is 23.0 Å². The molecule has 1 amide bonds. The number of halogens is 1. The quantitative estimate of drug-likeness (QED) is 0.479. The van der Waals surface area contributed by atoms with Crippen LogP contribution < -0.4 is 16.2 Å². The zero-order valence-corrected chi connectivity index (χ0v) is 22.2. The van der Waals surface area contributed by atoms with Crippen molar-refractivity contribution < 1.29 is 4.79 Å². The molecule has 1 heterocycles. The van der Waals surface area contributed by atoms with Crippen LogP contribution in [-0.4, -0.2) is 41.5 Å². The summed E-state index contributed by atoms with van der Waals surface area (Å²) in [5, 5.41) is 7.29. The van der Waals surface area contributed by atoms with Gasteiger partial charge in [-0.3, -0.25) is 9.59 Å². The van der Waals surface area contributed by atoms with Crippen molar-refractivity contribution in [3.05, 3.63) is 61.5 Å². The van der Waals surface area contributed by atoms with Gasteiger partial charge in [-0.15, -0.1) is 0 Å². The molecule has 0 radical (unpaired) electrons. The van der Waals surface area contributed by atoms with E-state index in [4.69, 9.17) is 11.6 Å². The summed E-state index contributed by atoms with van der Waals surface area (Å²) in [4.78, 5) is 30.7. The fourth-order valence-electron chi connectivity index (χ4n) is 5.22. The van der Waals surface area contributed by atoms with Crippen molar-refractivity contribution in [1.82, 2.24) is 15.2 Å². The first-order chi connectivity index (χ1) is 16.1. The average molecular weight is 487 g/mol. The number of benzene rings is 1. The van der Waals surface area contributed by atoms with Crippen LogP contribution in [0.2, 0.25) is 5.02 Å². The van der Waals surface area contributed by atoms with Crippen LogP contribution in [-0.2, 0) is 13.0 Å². The van der Waals surface area contributed by atoms with Crippen molar-refractivity contribution in [2.75, 3.05) is 19.4 Å². The number of aryl methyl sites for hydroxylation is 2. The maximum Gasteiger partial charge on any atom is 0.253 e. The SMILES string of the molecule is CCc1c(NC2(CC)CCC(N(C)C)CC2)cc(Cl)cc1C(=O)NCc1c(C)cc(C)[nH]c1=O. The van der Waals surface area contributed by atoms with E-state index in [-0.39, 0.29) is 23.6 Å². The number of carbonyl (C=O) groups is 1. The van der Waals surface area contributed by atoms with Crippen LogP contribution in [0.1, 0.15) is 78.7 Å². The number of hydrogen-bond donors (Lipinski definition) is 3. The van der Waals surface area contributed by atoms with Crippen molar-refractivity contribution in [3.8, 4) is 0 Å². The molecule has 0 aliphatic heterocycles. The monoisotopic (exact) mass is 486 g/mol. The second-order valence-electron chi connectivity index (χ2n) is 9.91. The molecule has 6 nitrogen and oxygen atoms in total. The van der Waals surface area contributed by atoms with Gasteiger partial charge in [0.15, 0.2) is 0 Å². The Kier molecular flexibility index (Phi) is 8.47. The van der Waals surface area contributed by atoms with Crippen molar-refractivity contribution >= 4 is 23.2 Å². The third-order valence-electron chi connectivity index (χ3n) is 7.45. The van der Waals surface area contributed by atoms with Gasteiger partial charge < -0.3 is 20.5 Å². The summed E-state index contributed by atoms with van der Waals surface area (Å²) in [5.41, 5.74) is 4.53. The number of H-pyrrole nitrogens is 1. The maximum atomic E-state index is 13.2. The molecule has 0 unspecified atom stereocenters. The number of anilines is 1. The molecular formula is C27H39ClN4O2.